The van der Waals surface area contributed by atoms with Crippen LogP contribution in [-0.2, 0) is 11.3 Å². The van der Waals surface area contributed by atoms with E-state index in [1.807, 2.05) is 16.8 Å². The summed E-state index contributed by atoms with van der Waals surface area (Å²) in [5.74, 6) is 0.644. The van der Waals surface area contributed by atoms with E-state index in [1.165, 1.54) is 6.07 Å². The molecule has 0 radical (unpaired) electrons. The lowest BCUT2D eigenvalue weighted by atomic mass is 10.1. The maximum atomic E-state index is 11.0. The van der Waals surface area contributed by atoms with Crippen molar-refractivity contribution in [3.8, 4) is 0 Å². The molecule has 0 spiro atoms. The highest BCUT2D eigenvalue weighted by molar-refractivity contribution is 5.89. The minimum atomic E-state index is -0.341. The molecule has 0 aliphatic carbocycles. The van der Waals surface area contributed by atoms with E-state index in [9.17, 15) is 10.1 Å². The molecular formula is C15H20N2O3. The Morgan fingerprint density at radius 3 is 2.80 bits per heavy atom. The van der Waals surface area contributed by atoms with Gasteiger partial charge in [0.2, 0.25) is 0 Å². The van der Waals surface area contributed by atoms with Gasteiger partial charge in [0.15, 0.2) is 0 Å². The lowest BCUT2D eigenvalue weighted by Crippen LogP contribution is -2.07. The molecule has 0 aliphatic heterocycles. The first-order chi connectivity index (χ1) is 9.59. The molecule has 0 N–H and O–H groups in total. The van der Waals surface area contributed by atoms with Crippen molar-refractivity contribution in [1.29, 1.82) is 0 Å². The van der Waals surface area contributed by atoms with Gasteiger partial charge in [-0.15, -0.1) is 0 Å². The second-order valence-electron chi connectivity index (χ2n) is 5.27. The number of aromatic nitrogens is 1. The van der Waals surface area contributed by atoms with Crippen molar-refractivity contribution < 1.29 is 9.66 Å². The largest absolute Gasteiger partial charge is 0.380 e. The van der Waals surface area contributed by atoms with Gasteiger partial charge in [0.25, 0.3) is 5.69 Å². The maximum Gasteiger partial charge on any atom is 0.278 e. The first kappa shape index (κ1) is 14.5. The zero-order chi connectivity index (χ0) is 14.5. The van der Waals surface area contributed by atoms with Crippen molar-refractivity contribution in [3.63, 3.8) is 0 Å². The minimum Gasteiger partial charge on any atom is -0.380 e. The zero-order valence-electron chi connectivity index (χ0n) is 11.9. The van der Waals surface area contributed by atoms with Crippen LogP contribution in [0, 0.1) is 16.0 Å². The van der Waals surface area contributed by atoms with Crippen LogP contribution < -0.4 is 0 Å². The number of benzene rings is 1. The molecule has 108 valence electrons. The van der Waals surface area contributed by atoms with Crippen LogP contribution in [0.25, 0.3) is 10.9 Å². The highest BCUT2D eigenvalue weighted by atomic mass is 16.6. The standard InChI is InChI=1S/C15H20N2O3/c1-12(2)7-10-20-11-9-16-8-6-13-14(16)4-3-5-15(13)17(18)19/h3-6,8,12H,7,9-11H2,1-2H3. The molecule has 0 aliphatic rings. The highest BCUT2D eigenvalue weighted by Gasteiger charge is 2.13. The van der Waals surface area contributed by atoms with Gasteiger partial charge in [-0.05, 0) is 24.5 Å². The third kappa shape index (κ3) is 3.36. The summed E-state index contributed by atoms with van der Waals surface area (Å²) < 4.78 is 7.59. The van der Waals surface area contributed by atoms with E-state index in [1.54, 1.807) is 12.1 Å². The van der Waals surface area contributed by atoms with Crippen molar-refractivity contribution in [2.24, 2.45) is 5.92 Å². The molecule has 0 atom stereocenters. The van der Waals surface area contributed by atoms with E-state index in [4.69, 9.17) is 4.74 Å². The van der Waals surface area contributed by atoms with Crippen molar-refractivity contribution in [3.05, 3.63) is 40.6 Å². The highest BCUT2D eigenvalue weighted by Crippen LogP contribution is 2.26. The Morgan fingerprint density at radius 1 is 1.30 bits per heavy atom. The predicted octanol–water partition coefficient (Wildman–Crippen LogP) is 3.61. The lowest BCUT2D eigenvalue weighted by molar-refractivity contribution is -0.383. The number of nitrogens with zero attached hydrogens (tertiary/aromatic N) is 2. The first-order valence-electron chi connectivity index (χ1n) is 6.89. The second-order valence-corrected chi connectivity index (χ2v) is 5.27. The number of hydrogen-bond donors (Lipinski definition) is 0. The Morgan fingerprint density at radius 2 is 2.10 bits per heavy atom. The van der Waals surface area contributed by atoms with Gasteiger partial charge < -0.3 is 9.30 Å². The van der Waals surface area contributed by atoms with Crippen molar-refractivity contribution in [2.45, 2.75) is 26.8 Å². The monoisotopic (exact) mass is 276 g/mol. The smallest absolute Gasteiger partial charge is 0.278 e. The van der Waals surface area contributed by atoms with Crippen LogP contribution in [0.5, 0.6) is 0 Å². The van der Waals surface area contributed by atoms with E-state index >= 15 is 0 Å². The Hall–Kier alpha value is -1.88. The molecule has 2 rings (SSSR count). The van der Waals surface area contributed by atoms with Gasteiger partial charge in [0.1, 0.15) is 0 Å². The maximum absolute atomic E-state index is 11.0. The van der Waals surface area contributed by atoms with Gasteiger partial charge in [-0.25, -0.2) is 0 Å². The number of nitro benzene ring substituents is 1. The number of non-ortho nitro benzene ring substituents is 1. The van der Waals surface area contributed by atoms with Crippen molar-refractivity contribution >= 4 is 16.6 Å². The van der Waals surface area contributed by atoms with Crippen LogP contribution in [-0.4, -0.2) is 22.7 Å². The van der Waals surface area contributed by atoms with E-state index in [0.29, 0.717) is 24.5 Å². The molecule has 2 aromatic rings. The van der Waals surface area contributed by atoms with E-state index in [-0.39, 0.29) is 10.6 Å². The molecule has 0 unspecified atom stereocenters. The molecule has 0 saturated heterocycles. The number of nitro groups is 1. The Balaban J connectivity index is 2.01. The fourth-order valence-corrected chi connectivity index (χ4v) is 2.15. The van der Waals surface area contributed by atoms with E-state index in [0.717, 1.165) is 18.5 Å². The first-order valence-corrected chi connectivity index (χ1v) is 6.89. The van der Waals surface area contributed by atoms with Crippen LogP contribution >= 0.6 is 0 Å². The van der Waals surface area contributed by atoms with Gasteiger partial charge in [-0.1, -0.05) is 19.9 Å². The van der Waals surface area contributed by atoms with Crippen LogP contribution in [0.3, 0.4) is 0 Å². The topological polar surface area (TPSA) is 57.3 Å². The summed E-state index contributed by atoms with van der Waals surface area (Å²) >= 11 is 0. The molecule has 0 bridgehead atoms. The summed E-state index contributed by atoms with van der Waals surface area (Å²) in [7, 11) is 0. The molecular weight excluding hydrogens is 256 g/mol. The zero-order valence-corrected chi connectivity index (χ0v) is 11.9. The fourth-order valence-electron chi connectivity index (χ4n) is 2.15. The Bertz CT molecular complexity index is 590. The number of fused-ring (bicyclic) bond motifs is 1. The number of ether oxygens (including phenoxy) is 1. The summed E-state index contributed by atoms with van der Waals surface area (Å²) in [6.45, 7) is 6.43. The van der Waals surface area contributed by atoms with Gasteiger partial charge in [0, 0.05) is 25.4 Å². The summed E-state index contributed by atoms with van der Waals surface area (Å²) in [4.78, 5) is 10.6. The quantitative estimate of drug-likeness (QED) is 0.441. The van der Waals surface area contributed by atoms with Crippen LogP contribution in [0.1, 0.15) is 20.3 Å². The third-order valence-corrected chi connectivity index (χ3v) is 3.30. The summed E-state index contributed by atoms with van der Waals surface area (Å²) in [5, 5.41) is 11.6. The van der Waals surface area contributed by atoms with Gasteiger partial charge in [-0.2, -0.15) is 0 Å². The van der Waals surface area contributed by atoms with Crippen molar-refractivity contribution in [2.75, 3.05) is 13.2 Å². The Labute approximate surface area is 118 Å². The molecule has 0 fully saturated rings. The van der Waals surface area contributed by atoms with Gasteiger partial charge in [-0.3, -0.25) is 10.1 Å². The molecule has 0 saturated carbocycles. The molecule has 20 heavy (non-hydrogen) atoms. The summed E-state index contributed by atoms with van der Waals surface area (Å²) in [6.07, 6.45) is 2.93. The SMILES string of the molecule is CC(C)CCOCCn1ccc2c([N+](=O)[O-])cccc21. The molecule has 1 aromatic carbocycles. The third-order valence-electron chi connectivity index (χ3n) is 3.30. The Kier molecular flexibility index (Phi) is 4.74. The summed E-state index contributed by atoms with van der Waals surface area (Å²) in [5.41, 5.74) is 1.04. The molecule has 5 nitrogen and oxygen atoms in total. The molecule has 1 heterocycles. The van der Waals surface area contributed by atoms with Crippen LogP contribution in [0.2, 0.25) is 0 Å². The van der Waals surface area contributed by atoms with Crippen LogP contribution in [0.15, 0.2) is 30.5 Å². The second kappa shape index (κ2) is 6.52. The number of hydrogen-bond acceptors (Lipinski definition) is 3. The lowest BCUT2D eigenvalue weighted by Gasteiger charge is -2.08. The normalized spacial score (nSPS) is 11.3. The molecule has 1 aromatic heterocycles. The van der Waals surface area contributed by atoms with E-state index in [2.05, 4.69) is 13.8 Å². The average molecular weight is 276 g/mol. The van der Waals surface area contributed by atoms with Gasteiger partial charge >= 0.3 is 0 Å². The predicted molar refractivity (Wildman–Crippen MR) is 78.9 cm³/mol. The average Bonchev–Trinajstić information content (AvgIpc) is 2.81. The summed E-state index contributed by atoms with van der Waals surface area (Å²) in [6, 6.07) is 6.94. The van der Waals surface area contributed by atoms with Gasteiger partial charge in [0.05, 0.1) is 22.4 Å². The molecule has 5 heteroatoms. The number of rotatable bonds is 7. The molecule has 0 amide bonds. The fraction of sp³-hybridized carbons (Fsp3) is 0.467. The minimum absolute atomic E-state index is 0.155. The van der Waals surface area contributed by atoms with Crippen LogP contribution in [0.4, 0.5) is 5.69 Å². The van der Waals surface area contributed by atoms with E-state index < -0.39 is 0 Å². The van der Waals surface area contributed by atoms with Crippen molar-refractivity contribution in [1.82, 2.24) is 4.57 Å².